The fourth-order valence-electron chi connectivity index (χ4n) is 3.25. The lowest BCUT2D eigenvalue weighted by Crippen LogP contribution is -2.24. The quantitative estimate of drug-likeness (QED) is 0.368. The number of rotatable bonds is 9. The predicted octanol–water partition coefficient (Wildman–Crippen LogP) is 5.18. The molecule has 7 heteroatoms. The van der Waals surface area contributed by atoms with E-state index in [1.54, 1.807) is 22.7 Å². The lowest BCUT2D eigenvalue weighted by atomic mass is 10.2. The van der Waals surface area contributed by atoms with E-state index in [9.17, 15) is 4.79 Å². The molecule has 1 amide bonds. The molecule has 3 aromatic heterocycles. The molecule has 0 unspecified atom stereocenters. The molecule has 0 radical (unpaired) electrons. The summed E-state index contributed by atoms with van der Waals surface area (Å²) in [6, 6.07) is 14.1. The molecule has 1 aromatic carbocycles. The van der Waals surface area contributed by atoms with Crippen molar-refractivity contribution < 1.29 is 4.79 Å². The van der Waals surface area contributed by atoms with Crippen LogP contribution in [0.3, 0.4) is 0 Å². The molecular formula is C23H24N4OS2. The first-order valence-corrected chi connectivity index (χ1v) is 11.8. The Balaban J connectivity index is 1.39. The molecule has 0 spiro atoms. The Bertz CT molecular complexity index is 1080. The highest BCUT2D eigenvalue weighted by Gasteiger charge is 2.18. The molecule has 30 heavy (non-hydrogen) atoms. The Morgan fingerprint density at radius 3 is 2.70 bits per heavy atom. The van der Waals surface area contributed by atoms with Gasteiger partial charge in [-0.2, -0.15) is 5.10 Å². The van der Waals surface area contributed by atoms with Crippen LogP contribution in [-0.2, 0) is 13.0 Å². The molecule has 4 rings (SSSR count). The van der Waals surface area contributed by atoms with Crippen LogP contribution in [0, 0.1) is 6.92 Å². The molecule has 0 fully saturated rings. The zero-order chi connectivity index (χ0) is 20.8. The molecule has 0 aliphatic heterocycles. The molecule has 0 bridgehead atoms. The summed E-state index contributed by atoms with van der Waals surface area (Å²) in [5.74, 6) is -0.0668. The Labute approximate surface area is 184 Å². The summed E-state index contributed by atoms with van der Waals surface area (Å²) in [4.78, 5) is 18.4. The number of nitrogens with one attached hydrogen (secondary N) is 1. The molecule has 0 atom stereocenters. The SMILES string of the molecule is Cc1csc(CCCCNC(=O)c2cn(Cc3ccccc3)nc2-c2cccs2)n1. The van der Waals surface area contributed by atoms with Crippen molar-refractivity contribution >= 4 is 28.6 Å². The van der Waals surface area contributed by atoms with Crippen LogP contribution in [0.5, 0.6) is 0 Å². The number of thiazole rings is 1. The number of carbonyl (C=O) groups is 1. The molecule has 0 aliphatic carbocycles. The first-order valence-electron chi connectivity index (χ1n) is 10.0. The minimum absolute atomic E-state index is 0.0668. The standard InChI is InChI=1S/C23H24N4OS2/c1-17-16-30-21(25-17)11-5-6-12-24-23(28)19-15-27(14-18-8-3-2-4-9-18)26-22(19)20-10-7-13-29-20/h2-4,7-10,13,15-16H,5-6,11-12,14H2,1H3,(H,24,28). The Morgan fingerprint density at radius 2 is 1.97 bits per heavy atom. The molecule has 1 N–H and O–H groups in total. The number of amides is 1. The number of thiophene rings is 1. The largest absolute Gasteiger partial charge is 0.352 e. The summed E-state index contributed by atoms with van der Waals surface area (Å²) in [6.07, 6.45) is 4.76. The van der Waals surface area contributed by atoms with Crippen LogP contribution in [0.4, 0.5) is 0 Å². The van der Waals surface area contributed by atoms with Crippen molar-refractivity contribution in [3.05, 3.63) is 81.2 Å². The summed E-state index contributed by atoms with van der Waals surface area (Å²) >= 11 is 3.30. The number of hydrogen-bond acceptors (Lipinski definition) is 5. The second kappa shape index (κ2) is 9.82. The van der Waals surface area contributed by atoms with Gasteiger partial charge in [0.25, 0.3) is 5.91 Å². The number of aromatic nitrogens is 3. The van der Waals surface area contributed by atoms with Crippen molar-refractivity contribution in [1.82, 2.24) is 20.1 Å². The fraction of sp³-hybridized carbons (Fsp3) is 0.261. The minimum Gasteiger partial charge on any atom is -0.352 e. The molecule has 0 saturated carbocycles. The van der Waals surface area contributed by atoms with Crippen molar-refractivity contribution in [2.24, 2.45) is 0 Å². The number of aryl methyl sites for hydroxylation is 2. The van der Waals surface area contributed by atoms with Gasteiger partial charge in [0, 0.05) is 23.8 Å². The van der Waals surface area contributed by atoms with Crippen molar-refractivity contribution in [2.75, 3.05) is 6.54 Å². The highest BCUT2D eigenvalue weighted by atomic mass is 32.1. The summed E-state index contributed by atoms with van der Waals surface area (Å²) in [7, 11) is 0. The van der Waals surface area contributed by atoms with E-state index >= 15 is 0 Å². The Kier molecular flexibility index (Phi) is 6.71. The summed E-state index contributed by atoms with van der Waals surface area (Å²) in [5, 5.41) is 13.0. The van der Waals surface area contributed by atoms with E-state index in [0.29, 0.717) is 18.7 Å². The molecule has 5 nitrogen and oxygen atoms in total. The van der Waals surface area contributed by atoms with Gasteiger partial charge in [-0.1, -0.05) is 36.4 Å². The van der Waals surface area contributed by atoms with Crippen molar-refractivity contribution in [3.63, 3.8) is 0 Å². The maximum absolute atomic E-state index is 12.9. The van der Waals surface area contributed by atoms with E-state index in [0.717, 1.165) is 41.1 Å². The van der Waals surface area contributed by atoms with Gasteiger partial charge in [0.15, 0.2) is 0 Å². The van der Waals surface area contributed by atoms with Gasteiger partial charge in [-0.25, -0.2) is 4.98 Å². The maximum Gasteiger partial charge on any atom is 0.255 e. The van der Waals surface area contributed by atoms with Crippen molar-refractivity contribution in [2.45, 2.75) is 32.7 Å². The maximum atomic E-state index is 12.9. The normalized spacial score (nSPS) is 11.0. The molecule has 3 heterocycles. The number of carbonyl (C=O) groups excluding carboxylic acids is 1. The van der Waals surface area contributed by atoms with E-state index < -0.39 is 0 Å². The zero-order valence-corrected chi connectivity index (χ0v) is 18.5. The van der Waals surface area contributed by atoms with E-state index in [1.165, 1.54) is 5.01 Å². The lowest BCUT2D eigenvalue weighted by Gasteiger charge is -2.04. The summed E-state index contributed by atoms with van der Waals surface area (Å²) < 4.78 is 1.85. The van der Waals surface area contributed by atoms with Crippen LogP contribution < -0.4 is 5.32 Å². The number of nitrogens with zero attached hydrogens (tertiary/aromatic N) is 3. The van der Waals surface area contributed by atoms with Crippen LogP contribution in [0.25, 0.3) is 10.6 Å². The van der Waals surface area contributed by atoms with Crippen molar-refractivity contribution in [1.29, 1.82) is 0 Å². The van der Waals surface area contributed by atoms with Gasteiger partial charge >= 0.3 is 0 Å². The number of hydrogen-bond donors (Lipinski definition) is 1. The van der Waals surface area contributed by atoms with Gasteiger partial charge in [0.1, 0.15) is 5.69 Å². The number of unbranched alkanes of at least 4 members (excludes halogenated alkanes) is 1. The first-order chi connectivity index (χ1) is 14.7. The van der Waals surface area contributed by atoms with E-state index in [-0.39, 0.29) is 5.91 Å². The highest BCUT2D eigenvalue weighted by Crippen LogP contribution is 2.27. The molecule has 0 saturated heterocycles. The smallest absolute Gasteiger partial charge is 0.255 e. The molecule has 0 aliphatic rings. The number of benzene rings is 1. The molecule has 154 valence electrons. The topological polar surface area (TPSA) is 59.8 Å². The predicted molar refractivity (Wildman–Crippen MR) is 123 cm³/mol. The third kappa shape index (κ3) is 5.23. The van der Waals surface area contributed by atoms with Gasteiger partial charge < -0.3 is 5.32 Å². The third-order valence-electron chi connectivity index (χ3n) is 4.72. The Morgan fingerprint density at radius 1 is 1.10 bits per heavy atom. The summed E-state index contributed by atoms with van der Waals surface area (Å²) in [5.41, 5.74) is 3.61. The van der Waals surface area contributed by atoms with Crippen molar-refractivity contribution in [3.8, 4) is 10.6 Å². The zero-order valence-electron chi connectivity index (χ0n) is 16.9. The average Bonchev–Trinajstić information content (AvgIpc) is 3.49. The highest BCUT2D eigenvalue weighted by molar-refractivity contribution is 7.13. The minimum atomic E-state index is -0.0668. The van der Waals surface area contributed by atoms with Crippen LogP contribution in [-0.4, -0.2) is 27.2 Å². The van der Waals surface area contributed by atoms with E-state index in [1.807, 2.05) is 53.5 Å². The molecular weight excluding hydrogens is 412 g/mol. The second-order valence-electron chi connectivity index (χ2n) is 7.15. The molecule has 4 aromatic rings. The first kappa shape index (κ1) is 20.5. The monoisotopic (exact) mass is 436 g/mol. The average molecular weight is 437 g/mol. The van der Waals surface area contributed by atoms with Gasteiger partial charge in [0.05, 0.1) is 22.0 Å². The lowest BCUT2D eigenvalue weighted by molar-refractivity contribution is 0.0953. The van der Waals surface area contributed by atoms with Gasteiger partial charge in [-0.05, 0) is 43.2 Å². The van der Waals surface area contributed by atoms with Gasteiger partial charge in [-0.3, -0.25) is 9.48 Å². The van der Waals surface area contributed by atoms with Crippen LogP contribution >= 0.6 is 22.7 Å². The fourth-order valence-corrected chi connectivity index (χ4v) is 4.79. The summed E-state index contributed by atoms with van der Waals surface area (Å²) in [6.45, 7) is 3.31. The van der Waals surface area contributed by atoms with E-state index in [4.69, 9.17) is 5.10 Å². The second-order valence-corrected chi connectivity index (χ2v) is 9.04. The van der Waals surface area contributed by atoms with Gasteiger partial charge in [-0.15, -0.1) is 22.7 Å². The van der Waals surface area contributed by atoms with Crippen LogP contribution in [0.15, 0.2) is 59.4 Å². The van der Waals surface area contributed by atoms with E-state index in [2.05, 4.69) is 27.8 Å². The van der Waals surface area contributed by atoms with Crippen LogP contribution in [0.2, 0.25) is 0 Å². The Hall–Kier alpha value is -2.77. The van der Waals surface area contributed by atoms with Crippen LogP contribution in [0.1, 0.15) is 39.5 Å². The third-order valence-corrected chi connectivity index (χ3v) is 6.62. The van der Waals surface area contributed by atoms with Gasteiger partial charge in [0.2, 0.25) is 0 Å².